The number of hydrogen-bond acceptors (Lipinski definition) is 6. The van der Waals surface area contributed by atoms with Crippen molar-refractivity contribution >= 4 is 45.8 Å². The van der Waals surface area contributed by atoms with Gasteiger partial charge in [0.1, 0.15) is 0 Å². The quantitative estimate of drug-likeness (QED) is 0.0340. The Balaban J connectivity index is 1.45. The van der Waals surface area contributed by atoms with Gasteiger partial charge in [0, 0.05) is 0 Å². The van der Waals surface area contributed by atoms with E-state index in [4.69, 9.17) is 11.5 Å². The van der Waals surface area contributed by atoms with Gasteiger partial charge in [-0.2, -0.15) is 0 Å². The molecule has 4 rings (SSSR count). The minimum absolute atomic E-state index is 0.0203. The summed E-state index contributed by atoms with van der Waals surface area (Å²) in [5, 5.41) is 4.21. The number of aliphatic imine (C=N–C) groups is 1. The van der Waals surface area contributed by atoms with Gasteiger partial charge in [-0.1, -0.05) is 0 Å². The van der Waals surface area contributed by atoms with Crippen molar-refractivity contribution in [2.45, 2.75) is 49.1 Å². The SMILES string of the molecule is NC(N)=NCCCI(NC(=O)N1CCN(C2CC2)CC1)C(=O)N[C@H](/C=C/S(=O)(=O)c1ccccc1)CCc1ccccc1. The Morgan fingerprint density at radius 3 is 2.28 bits per heavy atom. The van der Waals surface area contributed by atoms with Crippen LogP contribution in [0, 0.1) is 0 Å². The van der Waals surface area contributed by atoms with E-state index >= 15 is 0 Å². The zero-order chi connectivity index (χ0) is 30.7. The molecular formula is C30H42IN7O4S. The van der Waals surface area contributed by atoms with Gasteiger partial charge in [0.15, 0.2) is 0 Å². The molecule has 13 heteroatoms. The number of nitrogens with zero attached hydrogens (tertiary/aromatic N) is 3. The zero-order valence-electron chi connectivity index (χ0n) is 24.3. The molecule has 0 spiro atoms. The van der Waals surface area contributed by atoms with Crippen LogP contribution >= 0.6 is 20.1 Å². The fraction of sp³-hybridized carbons (Fsp3) is 0.433. The summed E-state index contributed by atoms with van der Waals surface area (Å²) in [7, 11) is -3.70. The van der Waals surface area contributed by atoms with Crippen molar-refractivity contribution in [2.24, 2.45) is 16.5 Å². The van der Waals surface area contributed by atoms with Gasteiger partial charge in [-0.3, -0.25) is 0 Å². The maximum absolute atomic E-state index is 13.7. The number of carbonyl (C=O) groups excluding carboxylic acids is 2. The van der Waals surface area contributed by atoms with Crippen LogP contribution in [0.2, 0.25) is 0 Å². The predicted molar refractivity (Wildman–Crippen MR) is 179 cm³/mol. The second-order valence-corrected chi connectivity index (χ2v) is 17.1. The molecule has 3 amide bonds. The van der Waals surface area contributed by atoms with Crippen LogP contribution in [0.1, 0.15) is 31.2 Å². The molecule has 2 aromatic carbocycles. The normalized spacial score (nSPS) is 16.8. The Kier molecular flexibility index (Phi) is 12.2. The number of rotatable bonds is 14. The van der Waals surface area contributed by atoms with E-state index in [2.05, 4.69) is 18.7 Å². The van der Waals surface area contributed by atoms with E-state index in [9.17, 15) is 18.0 Å². The van der Waals surface area contributed by atoms with Crippen molar-refractivity contribution in [3.8, 4) is 0 Å². The molecule has 1 saturated heterocycles. The van der Waals surface area contributed by atoms with Crippen LogP contribution in [0.25, 0.3) is 0 Å². The van der Waals surface area contributed by atoms with E-state index in [-0.39, 0.29) is 20.8 Å². The van der Waals surface area contributed by atoms with Gasteiger partial charge in [-0.05, 0) is 0 Å². The van der Waals surface area contributed by atoms with Gasteiger partial charge in [0.25, 0.3) is 0 Å². The van der Waals surface area contributed by atoms with Gasteiger partial charge >= 0.3 is 263 Å². The van der Waals surface area contributed by atoms with E-state index in [1.54, 1.807) is 23.1 Å². The molecule has 2 aromatic rings. The first kappa shape index (κ1) is 32.7. The third-order valence-corrected chi connectivity index (χ3v) is 13.2. The number of halogens is 1. The van der Waals surface area contributed by atoms with E-state index in [0.29, 0.717) is 49.4 Å². The molecule has 0 unspecified atom stereocenters. The van der Waals surface area contributed by atoms with Crippen LogP contribution in [0.4, 0.5) is 9.59 Å². The number of carbonyl (C=O) groups is 2. The fourth-order valence-electron chi connectivity index (χ4n) is 4.75. The maximum atomic E-state index is 13.7. The summed E-state index contributed by atoms with van der Waals surface area (Å²) in [5.74, 6) is -0.0203. The van der Waals surface area contributed by atoms with Crippen molar-refractivity contribution in [3.05, 3.63) is 77.7 Å². The van der Waals surface area contributed by atoms with Crippen molar-refractivity contribution in [2.75, 3.05) is 37.2 Å². The Labute approximate surface area is 261 Å². The number of guanidine groups is 1. The molecule has 43 heavy (non-hydrogen) atoms. The molecule has 1 heterocycles. The first-order valence-corrected chi connectivity index (χ1v) is 19.8. The number of hydrogen-bond donors (Lipinski definition) is 4. The first-order valence-electron chi connectivity index (χ1n) is 14.5. The molecule has 1 aliphatic carbocycles. The van der Waals surface area contributed by atoms with Crippen LogP contribution in [-0.4, -0.2) is 83.4 Å². The number of nitrogens with two attached hydrogens (primary N) is 2. The standard InChI is InChI=1S/C30H42IN7O4S/c32-29(33)34-18-7-17-31(36-30(40)38-21-19-37(20-22-38)26-14-15-26)28(39)35-25(13-12-24-8-3-1-4-9-24)16-23-43(41,42)27-10-5-2-6-11-27/h1-6,8-11,16,23,25-26H,7,12-15,17-22H2,(H,35,39)(H,36,40)(H4,32,33,34)/b23-16+/t25-/m0/s1. The summed E-state index contributed by atoms with van der Waals surface area (Å²) in [4.78, 5) is 35.4. The van der Waals surface area contributed by atoms with Gasteiger partial charge in [0.05, 0.1) is 0 Å². The van der Waals surface area contributed by atoms with E-state index in [1.165, 1.54) is 31.1 Å². The third kappa shape index (κ3) is 10.8. The predicted octanol–water partition coefficient (Wildman–Crippen LogP) is 3.26. The number of aryl methyl sites for hydroxylation is 1. The van der Waals surface area contributed by atoms with Crippen molar-refractivity contribution in [1.82, 2.24) is 18.6 Å². The average molecular weight is 724 g/mol. The van der Waals surface area contributed by atoms with E-state index < -0.39 is 36.0 Å². The Bertz CT molecular complexity index is 1360. The Morgan fingerprint density at radius 2 is 1.65 bits per heavy atom. The summed E-state index contributed by atoms with van der Waals surface area (Å²) in [6.07, 6.45) is 5.66. The number of amides is 3. The molecule has 0 bridgehead atoms. The minimum atomic E-state index is -3.70. The number of alkyl halides is 1. The van der Waals surface area contributed by atoms with E-state index in [1.807, 2.05) is 30.3 Å². The number of benzene rings is 2. The summed E-state index contributed by atoms with van der Waals surface area (Å²) >= 11 is -2.78. The Hall–Kier alpha value is -3.17. The van der Waals surface area contributed by atoms with Gasteiger partial charge in [0.2, 0.25) is 0 Å². The molecule has 11 nitrogen and oxygen atoms in total. The molecule has 6 N–H and O–H groups in total. The number of urea groups is 1. The molecule has 1 aliphatic heterocycles. The molecular weight excluding hydrogens is 681 g/mol. The molecule has 0 aromatic heterocycles. The first-order chi connectivity index (χ1) is 20.7. The fourth-order valence-corrected chi connectivity index (χ4v) is 9.62. The number of nitrogens with one attached hydrogen (secondary N) is 2. The zero-order valence-corrected chi connectivity index (χ0v) is 27.3. The molecule has 2 aliphatic rings. The second kappa shape index (κ2) is 16.1. The van der Waals surface area contributed by atoms with Crippen LogP contribution in [-0.2, 0) is 16.3 Å². The monoisotopic (exact) mass is 723 g/mol. The number of sulfone groups is 1. The second-order valence-electron chi connectivity index (χ2n) is 10.6. The van der Waals surface area contributed by atoms with Gasteiger partial charge in [-0.15, -0.1) is 0 Å². The topological polar surface area (TPSA) is 163 Å². The third-order valence-electron chi connectivity index (χ3n) is 7.29. The van der Waals surface area contributed by atoms with Crippen molar-refractivity contribution in [3.63, 3.8) is 0 Å². The molecule has 2 fully saturated rings. The molecule has 1 saturated carbocycles. The van der Waals surface area contributed by atoms with Crippen LogP contribution in [0.5, 0.6) is 0 Å². The average Bonchev–Trinajstić information content (AvgIpc) is 3.87. The van der Waals surface area contributed by atoms with Crippen LogP contribution < -0.4 is 20.3 Å². The summed E-state index contributed by atoms with van der Waals surface area (Å²) < 4.78 is 29.2. The summed E-state index contributed by atoms with van der Waals surface area (Å²) in [5.41, 5.74) is 12.0. The van der Waals surface area contributed by atoms with E-state index in [0.717, 1.165) is 24.1 Å². The summed E-state index contributed by atoms with van der Waals surface area (Å²) in [6.45, 7) is 3.28. The molecule has 0 radical (unpaired) electrons. The Morgan fingerprint density at radius 1 is 1.00 bits per heavy atom. The van der Waals surface area contributed by atoms with Crippen molar-refractivity contribution < 1.29 is 18.0 Å². The summed E-state index contributed by atoms with van der Waals surface area (Å²) in [6, 6.07) is 17.9. The van der Waals surface area contributed by atoms with Crippen LogP contribution in [0.15, 0.2) is 82.0 Å². The molecule has 234 valence electrons. The molecule has 1 atom stereocenters. The van der Waals surface area contributed by atoms with Gasteiger partial charge in [-0.25, -0.2) is 0 Å². The number of piperazine rings is 1. The van der Waals surface area contributed by atoms with Crippen molar-refractivity contribution in [1.29, 1.82) is 0 Å². The van der Waals surface area contributed by atoms with Gasteiger partial charge < -0.3 is 0 Å². The van der Waals surface area contributed by atoms with Crippen LogP contribution in [0.3, 0.4) is 0 Å².